The molecule has 3 aromatic rings. The van der Waals surface area contributed by atoms with Crippen LogP contribution in [0.1, 0.15) is 35.5 Å². The Bertz CT molecular complexity index is 1140. The van der Waals surface area contributed by atoms with Crippen molar-refractivity contribution < 1.29 is 9.59 Å². The molecule has 10 heteroatoms. The standard InChI is InChI=1S/C21H23N5O3S2/c27-17(23-11-18(28)24-13-4-3-8-22-10-13)7-9-30-12-16-25-20(29)19-14-5-1-2-6-15(14)31-21(19)26-16/h3-4,8,10H,1-2,5-7,9,11-12H2,(H,23,27)(H,24,28)(H,25,26,29). The second kappa shape index (κ2) is 10.1. The number of pyridine rings is 1. The molecule has 1 aliphatic rings. The zero-order chi connectivity index (χ0) is 21.6. The van der Waals surface area contributed by atoms with Crippen molar-refractivity contribution in [1.29, 1.82) is 0 Å². The van der Waals surface area contributed by atoms with Crippen molar-refractivity contribution in [2.75, 3.05) is 17.6 Å². The van der Waals surface area contributed by atoms with Gasteiger partial charge in [0.15, 0.2) is 0 Å². The molecular formula is C21H23N5O3S2. The Morgan fingerprint density at radius 1 is 1.23 bits per heavy atom. The lowest BCUT2D eigenvalue weighted by atomic mass is 9.97. The number of amides is 2. The first-order chi connectivity index (χ1) is 15.1. The minimum Gasteiger partial charge on any atom is -0.347 e. The summed E-state index contributed by atoms with van der Waals surface area (Å²) in [6, 6.07) is 3.45. The van der Waals surface area contributed by atoms with Gasteiger partial charge in [-0.2, -0.15) is 11.8 Å². The molecular weight excluding hydrogens is 434 g/mol. The molecule has 31 heavy (non-hydrogen) atoms. The molecule has 0 atom stereocenters. The van der Waals surface area contributed by atoms with E-state index in [1.165, 1.54) is 34.8 Å². The first kappa shape index (κ1) is 21.5. The normalized spacial score (nSPS) is 13.0. The van der Waals surface area contributed by atoms with Gasteiger partial charge in [-0.1, -0.05) is 0 Å². The van der Waals surface area contributed by atoms with Gasteiger partial charge in [0.25, 0.3) is 5.56 Å². The fourth-order valence-corrected chi connectivity index (χ4v) is 5.60. The largest absolute Gasteiger partial charge is 0.347 e. The highest BCUT2D eigenvalue weighted by atomic mass is 32.2. The van der Waals surface area contributed by atoms with E-state index in [4.69, 9.17) is 0 Å². The van der Waals surface area contributed by atoms with E-state index in [-0.39, 0.29) is 30.3 Å². The van der Waals surface area contributed by atoms with Crippen LogP contribution in [0, 0.1) is 0 Å². The second-order valence-electron chi connectivity index (χ2n) is 7.27. The topological polar surface area (TPSA) is 117 Å². The van der Waals surface area contributed by atoms with Crippen molar-refractivity contribution in [3.8, 4) is 0 Å². The van der Waals surface area contributed by atoms with Gasteiger partial charge in [0, 0.05) is 23.2 Å². The highest BCUT2D eigenvalue weighted by molar-refractivity contribution is 7.98. The molecule has 3 aromatic heterocycles. The average molecular weight is 458 g/mol. The van der Waals surface area contributed by atoms with E-state index in [0.29, 0.717) is 23.0 Å². The Balaban J connectivity index is 1.21. The number of nitrogens with one attached hydrogen (secondary N) is 3. The molecule has 3 heterocycles. The van der Waals surface area contributed by atoms with E-state index in [0.717, 1.165) is 29.5 Å². The molecule has 0 aliphatic heterocycles. The van der Waals surface area contributed by atoms with Crippen molar-refractivity contribution >= 4 is 50.8 Å². The van der Waals surface area contributed by atoms with Crippen molar-refractivity contribution in [1.82, 2.24) is 20.3 Å². The van der Waals surface area contributed by atoms with Crippen LogP contribution in [0.3, 0.4) is 0 Å². The zero-order valence-corrected chi connectivity index (χ0v) is 18.5. The first-order valence-electron chi connectivity index (χ1n) is 10.2. The molecule has 0 spiro atoms. The molecule has 162 valence electrons. The minimum absolute atomic E-state index is 0.0580. The zero-order valence-electron chi connectivity index (χ0n) is 16.9. The maximum absolute atomic E-state index is 12.5. The number of hydrogen-bond donors (Lipinski definition) is 3. The Morgan fingerprint density at radius 3 is 2.94 bits per heavy atom. The van der Waals surface area contributed by atoms with Crippen LogP contribution >= 0.6 is 23.1 Å². The monoisotopic (exact) mass is 457 g/mol. The van der Waals surface area contributed by atoms with E-state index < -0.39 is 0 Å². The molecule has 3 N–H and O–H groups in total. The molecule has 0 saturated carbocycles. The molecule has 0 saturated heterocycles. The van der Waals surface area contributed by atoms with Gasteiger partial charge in [-0.05, 0) is 43.4 Å². The minimum atomic E-state index is -0.303. The number of aromatic nitrogens is 3. The van der Waals surface area contributed by atoms with Crippen molar-refractivity contribution in [2.45, 2.75) is 37.9 Å². The second-order valence-corrected chi connectivity index (χ2v) is 9.46. The molecule has 4 rings (SSSR count). The van der Waals surface area contributed by atoms with Crippen LogP contribution in [0.5, 0.6) is 0 Å². The number of thioether (sulfide) groups is 1. The summed E-state index contributed by atoms with van der Waals surface area (Å²) in [6.07, 6.45) is 7.74. The SMILES string of the molecule is O=C(CCSCc1nc2sc3c(c2c(=O)[nH]1)CCCC3)NCC(=O)Nc1cccnc1. The van der Waals surface area contributed by atoms with Crippen LogP contribution in [-0.4, -0.2) is 39.1 Å². The highest BCUT2D eigenvalue weighted by Gasteiger charge is 2.19. The van der Waals surface area contributed by atoms with E-state index in [1.807, 2.05) is 0 Å². The number of carbonyl (C=O) groups is 2. The third-order valence-electron chi connectivity index (χ3n) is 4.98. The van der Waals surface area contributed by atoms with Crippen LogP contribution in [0.15, 0.2) is 29.3 Å². The molecule has 1 aliphatic carbocycles. The summed E-state index contributed by atoms with van der Waals surface area (Å²) in [6.45, 7) is -0.0903. The third kappa shape index (κ3) is 5.50. The van der Waals surface area contributed by atoms with Gasteiger partial charge in [0.2, 0.25) is 11.8 Å². The number of aryl methyl sites for hydroxylation is 2. The lowest BCUT2D eigenvalue weighted by Gasteiger charge is -2.09. The lowest BCUT2D eigenvalue weighted by molar-refractivity contribution is -0.123. The lowest BCUT2D eigenvalue weighted by Crippen LogP contribution is -2.33. The van der Waals surface area contributed by atoms with Crippen molar-refractivity contribution in [3.05, 3.63) is 51.1 Å². The van der Waals surface area contributed by atoms with Gasteiger partial charge < -0.3 is 15.6 Å². The smallest absolute Gasteiger partial charge is 0.259 e. The van der Waals surface area contributed by atoms with E-state index in [9.17, 15) is 14.4 Å². The van der Waals surface area contributed by atoms with E-state index in [1.54, 1.807) is 29.7 Å². The number of rotatable bonds is 8. The predicted molar refractivity (Wildman–Crippen MR) is 124 cm³/mol. The van der Waals surface area contributed by atoms with Crippen LogP contribution in [0.2, 0.25) is 0 Å². The Morgan fingerprint density at radius 2 is 2.10 bits per heavy atom. The molecule has 0 aromatic carbocycles. The molecule has 0 fully saturated rings. The number of hydrogen-bond acceptors (Lipinski definition) is 7. The Labute approximate surface area is 187 Å². The van der Waals surface area contributed by atoms with Gasteiger partial charge in [-0.15, -0.1) is 11.3 Å². The van der Waals surface area contributed by atoms with Crippen LogP contribution in [-0.2, 0) is 28.2 Å². The average Bonchev–Trinajstić information content (AvgIpc) is 3.15. The number of carbonyl (C=O) groups excluding carboxylic acids is 2. The molecule has 0 unspecified atom stereocenters. The predicted octanol–water partition coefficient (Wildman–Crippen LogP) is 2.64. The Kier molecular flexibility index (Phi) is 6.98. The summed E-state index contributed by atoms with van der Waals surface area (Å²) in [4.78, 5) is 49.9. The molecule has 8 nitrogen and oxygen atoms in total. The summed E-state index contributed by atoms with van der Waals surface area (Å²) >= 11 is 3.16. The summed E-state index contributed by atoms with van der Waals surface area (Å²) < 4.78 is 0. The third-order valence-corrected chi connectivity index (χ3v) is 7.13. The van der Waals surface area contributed by atoms with Crippen molar-refractivity contribution in [2.24, 2.45) is 0 Å². The van der Waals surface area contributed by atoms with Gasteiger partial charge in [0.1, 0.15) is 10.7 Å². The summed E-state index contributed by atoms with van der Waals surface area (Å²) in [5, 5.41) is 6.03. The number of aromatic amines is 1. The maximum Gasteiger partial charge on any atom is 0.259 e. The summed E-state index contributed by atoms with van der Waals surface area (Å²) in [7, 11) is 0. The van der Waals surface area contributed by atoms with Crippen molar-refractivity contribution in [3.63, 3.8) is 0 Å². The number of H-pyrrole nitrogens is 1. The van der Waals surface area contributed by atoms with Crippen LogP contribution < -0.4 is 16.2 Å². The quantitative estimate of drug-likeness (QED) is 0.448. The summed E-state index contributed by atoms with van der Waals surface area (Å²) in [5.74, 6) is 1.23. The van der Waals surface area contributed by atoms with Gasteiger partial charge in [-0.3, -0.25) is 19.4 Å². The van der Waals surface area contributed by atoms with Crippen LogP contribution in [0.4, 0.5) is 5.69 Å². The number of nitrogens with zero attached hydrogens (tertiary/aromatic N) is 2. The van der Waals surface area contributed by atoms with Gasteiger partial charge in [-0.25, -0.2) is 4.98 Å². The molecule has 0 bridgehead atoms. The number of thiophene rings is 1. The molecule has 0 radical (unpaired) electrons. The highest BCUT2D eigenvalue weighted by Crippen LogP contribution is 2.33. The Hall–Kier alpha value is -2.72. The fraction of sp³-hybridized carbons (Fsp3) is 0.381. The van der Waals surface area contributed by atoms with Gasteiger partial charge >= 0.3 is 0 Å². The number of fused-ring (bicyclic) bond motifs is 3. The van der Waals surface area contributed by atoms with Crippen LogP contribution in [0.25, 0.3) is 10.2 Å². The van der Waals surface area contributed by atoms with Gasteiger partial charge in [0.05, 0.1) is 29.6 Å². The summed E-state index contributed by atoms with van der Waals surface area (Å²) in [5.41, 5.74) is 1.71. The van der Waals surface area contributed by atoms with E-state index >= 15 is 0 Å². The first-order valence-corrected chi connectivity index (χ1v) is 12.1. The van der Waals surface area contributed by atoms with E-state index in [2.05, 4.69) is 25.6 Å². The fourth-order valence-electron chi connectivity index (χ4n) is 3.52. The number of anilines is 1. The molecule has 2 amide bonds. The maximum atomic E-state index is 12.5.